The molecule has 0 rings (SSSR count). The zero-order chi connectivity index (χ0) is 10.5. The van der Waals surface area contributed by atoms with Crippen molar-refractivity contribution in [3.8, 4) is 0 Å². The number of hydrogen-bond acceptors (Lipinski definition) is 4. The molecule has 0 aliphatic heterocycles. The number of rotatable bonds is 6. The van der Waals surface area contributed by atoms with Crippen LogP contribution in [0.15, 0.2) is 0 Å². The fourth-order valence-electron chi connectivity index (χ4n) is 0.839. The van der Waals surface area contributed by atoms with E-state index in [9.17, 15) is 4.57 Å². The first-order valence-corrected chi connectivity index (χ1v) is 8.14. The maximum Gasteiger partial charge on any atom is 0.490 e. The molecule has 0 bridgehead atoms. The molecule has 13 heavy (non-hydrogen) atoms. The van der Waals surface area contributed by atoms with E-state index in [0.29, 0.717) is 10.5 Å². The molecule has 0 aromatic heterocycles. The maximum absolute atomic E-state index is 10.6. The topological polar surface area (TPSA) is 85.2 Å². The van der Waals surface area contributed by atoms with Crippen LogP contribution < -0.4 is 0 Å². The van der Waals surface area contributed by atoms with Gasteiger partial charge >= 0.3 is 16.4 Å². The molecule has 0 saturated heterocycles. The van der Waals surface area contributed by atoms with Gasteiger partial charge in [-0.25, -0.2) is 0 Å². The highest BCUT2D eigenvalue weighted by molar-refractivity contribution is 7.51. The maximum atomic E-state index is 10.6. The lowest BCUT2D eigenvalue weighted by Crippen LogP contribution is -2.43. The van der Waals surface area contributed by atoms with Crippen LogP contribution in [0.1, 0.15) is 0 Å². The van der Waals surface area contributed by atoms with Crippen molar-refractivity contribution in [1.82, 2.24) is 0 Å². The Balaban J connectivity index is 4.19. The highest BCUT2D eigenvalue weighted by Gasteiger charge is 2.38. The van der Waals surface area contributed by atoms with Crippen molar-refractivity contribution in [3.63, 3.8) is 0 Å². The molecule has 0 aromatic carbocycles. The van der Waals surface area contributed by atoms with E-state index in [2.05, 4.69) is 0 Å². The summed E-state index contributed by atoms with van der Waals surface area (Å²) < 4.78 is 25.7. The Morgan fingerprint density at radius 3 is 2.08 bits per heavy atom. The normalized spacial score (nSPS) is 13.5. The minimum atomic E-state index is -3.99. The highest BCUT2D eigenvalue weighted by atomic mass is 31.2. The Kier molecular flexibility index (Phi) is 5.56. The largest absolute Gasteiger partial charge is 0.490 e. The molecular weight excluding hydrogens is 231 g/mol. The van der Waals surface area contributed by atoms with Crippen LogP contribution in [0.4, 0.5) is 0 Å². The number of hydrogen-bond donors (Lipinski definition) is 2. The van der Waals surface area contributed by atoms with Crippen molar-refractivity contribution in [2.24, 2.45) is 0 Å². The van der Waals surface area contributed by atoms with Gasteiger partial charge in [-0.2, -0.15) is 0 Å². The van der Waals surface area contributed by atoms with Crippen molar-refractivity contribution in [2.45, 2.75) is 6.04 Å². The van der Waals surface area contributed by atoms with Gasteiger partial charge < -0.3 is 22.8 Å². The zero-order valence-corrected chi connectivity index (χ0v) is 11.8. The van der Waals surface area contributed by atoms with E-state index in [1.165, 1.54) is 14.2 Å². The van der Waals surface area contributed by atoms with Crippen LogP contribution in [0.5, 0.6) is 0 Å². The quantitative estimate of drug-likeness (QED) is 0.447. The van der Waals surface area contributed by atoms with E-state index >= 15 is 0 Å². The van der Waals surface area contributed by atoms with Crippen LogP contribution >= 0.6 is 7.60 Å². The molecule has 2 N–H and O–H groups in total. The first kappa shape index (κ1) is 13.5. The van der Waals surface area contributed by atoms with E-state index in [1.807, 2.05) is 0 Å². The first-order chi connectivity index (χ1) is 5.89. The summed E-state index contributed by atoms with van der Waals surface area (Å²) >= 11 is 0. The predicted octanol–water partition coefficient (Wildman–Crippen LogP) is -1.31. The average Bonchev–Trinajstić information content (AvgIpc) is 2.06. The lowest BCUT2D eigenvalue weighted by atomic mass is 11.0. The summed E-state index contributed by atoms with van der Waals surface area (Å²) in [6.07, 6.45) is -0.261. The van der Waals surface area contributed by atoms with Gasteiger partial charge in [0.1, 0.15) is 10.5 Å². The second-order valence-corrected chi connectivity index (χ2v) is 8.53. The van der Waals surface area contributed by atoms with Gasteiger partial charge in [0, 0.05) is 20.3 Å². The smallest absolute Gasteiger partial charge is 0.424 e. The van der Waals surface area contributed by atoms with Gasteiger partial charge in [-0.3, -0.25) is 4.57 Å². The Morgan fingerprint density at radius 1 is 1.38 bits per heavy atom. The molecule has 0 atom stereocenters. The summed E-state index contributed by atoms with van der Waals surface area (Å²) in [6.45, 7) is 0. The van der Waals surface area contributed by atoms with E-state index in [1.54, 1.807) is 0 Å². The SMILES string of the molecule is CO[Si](CCP(=O)(O)O)(OC)O[SiH3]. The van der Waals surface area contributed by atoms with Crippen molar-refractivity contribution in [1.29, 1.82) is 0 Å². The summed E-state index contributed by atoms with van der Waals surface area (Å²) in [4.78, 5) is 17.3. The van der Waals surface area contributed by atoms with Crippen LogP contribution in [0.3, 0.4) is 0 Å². The Labute approximate surface area is 81.3 Å². The third kappa shape index (κ3) is 5.03. The minimum Gasteiger partial charge on any atom is -0.424 e. The van der Waals surface area contributed by atoms with Gasteiger partial charge in [-0.15, -0.1) is 0 Å². The lowest BCUT2D eigenvalue weighted by molar-refractivity contribution is 0.167. The molecule has 0 aromatic rings. The Morgan fingerprint density at radius 2 is 1.85 bits per heavy atom. The molecular formula is C4H15O6PSi2. The third-order valence-electron chi connectivity index (χ3n) is 1.64. The molecule has 0 amide bonds. The third-order valence-corrected chi connectivity index (χ3v) is 7.46. The van der Waals surface area contributed by atoms with Gasteiger partial charge in [0.2, 0.25) is 0 Å². The molecule has 0 unspecified atom stereocenters. The molecule has 80 valence electrons. The fraction of sp³-hybridized carbons (Fsp3) is 1.00. The standard InChI is InChI=1S/C4H15O6PSi2/c1-8-13(9-2,10-12)4-3-11(5,6)7/h3-4H2,1-2,12H3,(H2,5,6,7). The molecule has 0 radical (unpaired) electrons. The molecule has 0 saturated carbocycles. The molecule has 0 fully saturated rings. The fourth-order valence-corrected chi connectivity index (χ4v) is 5.82. The molecule has 0 heterocycles. The molecule has 0 spiro atoms. The van der Waals surface area contributed by atoms with Crippen molar-refractivity contribution in [3.05, 3.63) is 0 Å². The Hall–Kier alpha value is 0.464. The van der Waals surface area contributed by atoms with E-state index in [4.69, 9.17) is 22.8 Å². The summed E-state index contributed by atoms with van der Waals surface area (Å²) in [5, 5.41) is 0. The van der Waals surface area contributed by atoms with Gasteiger partial charge in [0.15, 0.2) is 0 Å². The second kappa shape index (κ2) is 5.37. The van der Waals surface area contributed by atoms with E-state index in [0.717, 1.165) is 0 Å². The summed E-state index contributed by atoms with van der Waals surface area (Å²) in [5.41, 5.74) is 0. The van der Waals surface area contributed by atoms with E-state index in [-0.39, 0.29) is 12.2 Å². The van der Waals surface area contributed by atoms with Crippen molar-refractivity contribution in [2.75, 3.05) is 20.4 Å². The summed E-state index contributed by atoms with van der Waals surface area (Å²) in [5.74, 6) is 0. The molecule has 6 nitrogen and oxygen atoms in total. The van der Waals surface area contributed by atoms with Crippen LogP contribution in [0.25, 0.3) is 0 Å². The summed E-state index contributed by atoms with van der Waals surface area (Å²) in [6, 6.07) is 0.147. The average molecular weight is 246 g/mol. The minimum absolute atomic E-state index is 0.147. The summed E-state index contributed by atoms with van der Waals surface area (Å²) in [7, 11) is -3.48. The lowest BCUT2D eigenvalue weighted by Gasteiger charge is -2.24. The van der Waals surface area contributed by atoms with Crippen LogP contribution in [0, 0.1) is 0 Å². The molecule has 9 heteroatoms. The molecule has 0 aliphatic carbocycles. The van der Waals surface area contributed by atoms with Crippen LogP contribution in [0.2, 0.25) is 6.04 Å². The van der Waals surface area contributed by atoms with Crippen molar-refractivity contribution < 1.29 is 27.3 Å². The second-order valence-electron chi connectivity index (χ2n) is 2.43. The highest BCUT2D eigenvalue weighted by Crippen LogP contribution is 2.37. The van der Waals surface area contributed by atoms with Crippen molar-refractivity contribution >= 4 is 26.9 Å². The van der Waals surface area contributed by atoms with Gasteiger partial charge in [-0.05, 0) is 0 Å². The predicted molar refractivity (Wildman–Crippen MR) is 52.5 cm³/mol. The van der Waals surface area contributed by atoms with Gasteiger partial charge in [0.05, 0.1) is 6.16 Å². The van der Waals surface area contributed by atoms with E-state index < -0.39 is 16.4 Å². The van der Waals surface area contributed by atoms with Crippen LogP contribution in [-0.4, -0.2) is 49.5 Å². The zero-order valence-electron chi connectivity index (χ0n) is 7.89. The molecule has 0 aliphatic rings. The van der Waals surface area contributed by atoms with Gasteiger partial charge in [-0.1, -0.05) is 0 Å². The van der Waals surface area contributed by atoms with Gasteiger partial charge in [0.25, 0.3) is 0 Å². The van der Waals surface area contributed by atoms with Crippen LogP contribution in [-0.2, 0) is 17.5 Å². The first-order valence-electron chi connectivity index (χ1n) is 3.59. The Bertz CT molecular complexity index is 181. The monoisotopic (exact) mass is 246 g/mol.